The highest BCUT2D eigenvalue weighted by Crippen LogP contribution is 2.26. The smallest absolute Gasteiger partial charge is 0.129 e. The lowest BCUT2D eigenvalue weighted by Gasteiger charge is -2.14. The monoisotopic (exact) mass is 430 g/mol. The molecule has 1 atom stereocenters. The van der Waals surface area contributed by atoms with Crippen molar-refractivity contribution in [3.63, 3.8) is 0 Å². The van der Waals surface area contributed by atoms with Crippen molar-refractivity contribution in [2.75, 3.05) is 0 Å². The molecule has 4 aromatic rings. The molecule has 0 N–H and O–H groups in total. The van der Waals surface area contributed by atoms with Gasteiger partial charge in [0.15, 0.2) is 0 Å². The van der Waals surface area contributed by atoms with Gasteiger partial charge in [0.1, 0.15) is 17.5 Å². The maximum absolute atomic E-state index is 14.7. The van der Waals surface area contributed by atoms with E-state index in [0.29, 0.717) is 24.8 Å². The zero-order valence-electron chi connectivity index (χ0n) is 18.0. The first kappa shape index (κ1) is 21.9. The summed E-state index contributed by atoms with van der Waals surface area (Å²) in [5.74, 6) is -1.18. The van der Waals surface area contributed by atoms with E-state index in [1.165, 1.54) is 24.3 Å². The van der Waals surface area contributed by atoms with E-state index >= 15 is 0 Å². The van der Waals surface area contributed by atoms with Crippen LogP contribution in [0.3, 0.4) is 0 Å². The van der Waals surface area contributed by atoms with Gasteiger partial charge in [-0.25, -0.2) is 13.2 Å². The second-order valence-electron chi connectivity index (χ2n) is 8.26. The van der Waals surface area contributed by atoms with Gasteiger partial charge in [0.05, 0.1) is 0 Å². The minimum atomic E-state index is -0.477. The van der Waals surface area contributed by atoms with Crippen molar-refractivity contribution in [3.8, 4) is 11.1 Å². The summed E-state index contributed by atoms with van der Waals surface area (Å²) < 4.78 is 42.5. The molecule has 0 aliphatic carbocycles. The van der Waals surface area contributed by atoms with E-state index in [2.05, 4.69) is 0 Å². The van der Waals surface area contributed by atoms with Crippen molar-refractivity contribution < 1.29 is 13.2 Å². The van der Waals surface area contributed by atoms with E-state index in [9.17, 15) is 13.2 Å². The SMILES string of the molecule is C[C@H](Cc1c(F)cc(CCc2ccc(-c3ccc(F)cc3)cc2)cc1F)c1ccccc1. The van der Waals surface area contributed by atoms with Crippen LogP contribution >= 0.6 is 0 Å². The Hall–Kier alpha value is -3.33. The number of aryl methyl sites for hydroxylation is 2. The molecule has 162 valence electrons. The highest BCUT2D eigenvalue weighted by molar-refractivity contribution is 5.63. The van der Waals surface area contributed by atoms with Gasteiger partial charge < -0.3 is 0 Å². The van der Waals surface area contributed by atoms with Crippen molar-refractivity contribution in [3.05, 3.63) is 131 Å². The average Bonchev–Trinajstić information content (AvgIpc) is 2.81. The first-order valence-electron chi connectivity index (χ1n) is 10.9. The maximum Gasteiger partial charge on any atom is 0.129 e. The van der Waals surface area contributed by atoms with Crippen LogP contribution in [0.2, 0.25) is 0 Å². The van der Waals surface area contributed by atoms with E-state index in [1.54, 1.807) is 12.1 Å². The fourth-order valence-electron chi connectivity index (χ4n) is 4.00. The Morgan fingerprint density at radius 1 is 0.625 bits per heavy atom. The molecule has 0 fully saturated rings. The summed E-state index contributed by atoms with van der Waals surface area (Å²) in [6, 6.07) is 27.0. The van der Waals surface area contributed by atoms with Crippen LogP contribution in [-0.2, 0) is 19.3 Å². The Balaban J connectivity index is 1.41. The number of rotatable bonds is 7. The van der Waals surface area contributed by atoms with E-state index in [0.717, 1.165) is 22.3 Å². The van der Waals surface area contributed by atoms with Crippen LogP contribution in [0.15, 0.2) is 91.0 Å². The highest BCUT2D eigenvalue weighted by Gasteiger charge is 2.15. The van der Waals surface area contributed by atoms with Gasteiger partial charge in [0, 0.05) is 5.56 Å². The van der Waals surface area contributed by atoms with Crippen LogP contribution in [-0.4, -0.2) is 0 Å². The minimum Gasteiger partial charge on any atom is -0.207 e. The van der Waals surface area contributed by atoms with E-state index in [1.807, 2.05) is 61.5 Å². The second-order valence-corrected chi connectivity index (χ2v) is 8.26. The van der Waals surface area contributed by atoms with Crippen LogP contribution in [0.25, 0.3) is 11.1 Å². The normalized spacial score (nSPS) is 12.0. The van der Waals surface area contributed by atoms with E-state index < -0.39 is 11.6 Å². The molecule has 0 saturated carbocycles. The lowest BCUT2D eigenvalue weighted by molar-refractivity contribution is 0.540. The number of hydrogen-bond acceptors (Lipinski definition) is 0. The summed E-state index contributed by atoms with van der Waals surface area (Å²) in [7, 11) is 0. The van der Waals surface area contributed by atoms with E-state index in [-0.39, 0.29) is 17.3 Å². The quantitative estimate of drug-likeness (QED) is 0.279. The summed E-state index contributed by atoms with van der Waals surface area (Å²) in [5, 5.41) is 0. The van der Waals surface area contributed by atoms with Crippen molar-refractivity contribution in [1.82, 2.24) is 0 Å². The molecule has 0 amide bonds. The molecule has 0 spiro atoms. The fourth-order valence-corrected chi connectivity index (χ4v) is 4.00. The summed E-state index contributed by atoms with van der Waals surface area (Å²) >= 11 is 0. The van der Waals surface area contributed by atoms with Gasteiger partial charge in [-0.15, -0.1) is 0 Å². The van der Waals surface area contributed by atoms with Gasteiger partial charge in [0.2, 0.25) is 0 Å². The van der Waals surface area contributed by atoms with Crippen LogP contribution < -0.4 is 0 Å². The van der Waals surface area contributed by atoms with Crippen LogP contribution in [0, 0.1) is 17.5 Å². The molecule has 0 radical (unpaired) electrons. The second kappa shape index (κ2) is 9.86. The molecule has 0 nitrogen and oxygen atoms in total. The van der Waals surface area contributed by atoms with Gasteiger partial charge in [-0.3, -0.25) is 0 Å². The average molecular weight is 431 g/mol. The third-order valence-electron chi connectivity index (χ3n) is 5.91. The molecule has 0 saturated heterocycles. The van der Waals surface area contributed by atoms with Gasteiger partial charge in [0.25, 0.3) is 0 Å². The lowest BCUT2D eigenvalue weighted by Crippen LogP contribution is -2.05. The predicted octanol–water partition coefficient (Wildman–Crippen LogP) is 7.90. The lowest BCUT2D eigenvalue weighted by atomic mass is 9.92. The minimum absolute atomic E-state index is 0.0330. The van der Waals surface area contributed by atoms with Crippen molar-refractivity contribution >= 4 is 0 Å². The standard InChI is InChI=1S/C29H25F3/c1-20(23-5-3-2-4-6-23)17-27-28(31)18-22(19-29(27)32)8-7-21-9-11-24(12-10-21)25-13-15-26(30)16-14-25/h2-6,9-16,18-20H,7-8,17H2,1H3/t20-/m1/s1. The molecule has 0 aliphatic rings. The Morgan fingerprint density at radius 2 is 1.16 bits per heavy atom. The topological polar surface area (TPSA) is 0 Å². The first-order valence-corrected chi connectivity index (χ1v) is 10.9. The molecule has 0 heterocycles. The predicted molar refractivity (Wildman–Crippen MR) is 124 cm³/mol. The molecule has 0 aliphatic heterocycles. The fraction of sp³-hybridized carbons (Fsp3) is 0.172. The number of halogens is 3. The molecule has 0 unspecified atom stereocenters. The van der Waals surface area contributed by atoms with E-state index in [4.69, 9.17) is 0 Å². The molecule has 0 bridgehead atoms. The molecule has 4 rings (SSSR count). The Kier molecular flexibility index (Phi) is 6.75. The number of benzene rings is 4. The van der Waals surface area contributed by atoms with Gasteiger partial charge >= 0.3 is 0 Å². The van der Waals surface area contributed by atoms with Crippen molar-refractivity contribution in [2.45, 2.75) is 32.1 Å². The molecular formula is C29H25F3. The first-order chi connectivity index (χ1) is 15.5. The summed E-state index contributed by atoms with van der Waals surface area (Å²) in [6.45, 7) is 1.98. The zero-order valence-corrected chi connectivity index (χ0v) is 18.0. The molecule has 3 heteroatoms. The molecule has 32 heavy (non-hydrogen) atoms. The van der Waals surface area contributed by atoms with Gasteiger partial charge in [-0.1, -0.05) is 73.7 Å². The third-order valence-corrected chi connectivity index (χ3v) is 5.91. The zero-order chi connectivity index (χ0) is 22.5. The molecular weight excluding hydrogens is 405 g/mol. The molecule has 0 aromatic heterocycles. The van der Waals surface area contributed by atoms with Crippen molar-refractivity contribution in [2.24, 2.45) is 0 Å². The van der Waals surface area contributed by atoms with Crippen LogP contribution in [0.5, 0.6) is 0 Å². The Morgan fingerprint density at radius 3 is 1.75 bits per heavy atom. The van der Waals surface area contributed by atoms with Crippen molar-refractivity contribution in [1.29, 1.82) is 0 Å². The summed E-state index contributed by atoms with van der Waals surface area (Å²) in [5.41, 5.74) is 4.90. The van der Waals surface area contributed by atoms with Gasteiger partial charge in [-0.2, -0.15) is 0 Å². The Bertz CT molecular complexity index is 1140. The Labute approximate surface area is 187 Å². The highest BCUT2D eigenvalue weighted by atomic mass is 19.1. The van der Waals surface area contributed by atoms with Crippen LogP contribution in [0.1, 0.15) is 35.1 Å². The summed E-state index contributed by atoms with van der Waals surface area (Å²) in [4.78, 5) is 0. The van der Waals surface area contributed by atoms with Gasteiger partial charge in [-0.05, 0) is 77.3 Å². The van der Waals surface area contributed by atoms with Crippen LogP contribution in [0.4, 0.5) is 13.2 Å². The number of hydrogen-bond donors (Lipinski definition) is 0. The largest absolute Gasteiger partial charge is 0.207 e. The molecule has 4 aromatic carbocycles. The maximum atomic E-state index is 14.7. The summed E-state index contributed by atoms with van der Waals surface area (Å²) in [6.07, 6.45) is 1.56. The third kappa shape index (κ3) is 5.28.